The minimum atomic E-state index is -4.26. The summed E-state index contributed by atoms with van der Waals surface area (Å²) in [6.07, 6.45) is -1.32. The molecule has 0 bridgehead atoms. The van der Waals surface area contributed by atoms with Crippen LogP contribution in [0.15, 0.2) is 25.3 Å². The summed E-state index contributed by atoms with van der Waals surface area (Å²) in [5, 5.41) is 6.29. The predicted octanol–water partition coefficient (Wildman–Crippen LogP) is 5.16. The highest BCUT2D eigenvalue weighted by molar-refractivity contribution is 7.53. The number of rotatable bonds is 26. The minimum Gasteiger partial charge on any atom is -0.432 e. The van der Waals surface area contributed by atoms with Crippen LogP contribution >= 0.6 is 15.2 Å². The van der Waals surface area contributed by atoms with E-state index in [1.165, 1.54) is 25.3 Å². The lowest BCUT2D eigenvalue weighted by Gasteiger charge is -2.21. The van der Waals surface area contributed by atoms with Crippen molar-refractivity contribution >= 4 is 67.6 Å². The summed E-state index contributed by atoms with van der Waals surface area (Å²) in [6, 6.07) is 0. The Balaban J connectivity index is 1.30. The Kier molecular flexibility index (Phi) is 19.2. The van der Waals surface area contributed by atoms with Crippen molar-refractivity contribution < 1.29 is 79.9 Å². The maximum absolute atomic E-state index is 13.5. The van der Waals surface area contributed by atoms with Crippen molar-refractivity contribution in [2.45, 2.75) is 99.0 Å². The number of imidazole rings is 2. The second kappa shape index (κ2) is 24.0. The van der Waals surface area contributed by atoms with Gasteiger partial charge in [-0.2, -0.15) is 0 Å². The topological polar surface area (TPSA) is 318 Å². The van der Waals surface area contributed by atoms with E-state index < -0.39 is 97.3 Å². The van der Waals surface area contributed by atoms with Crippen LogP contribution in [0.3, 0.4) is 0 Å². The van der Waals surface area contributed by atoms with Crippen LogP contribution in [0.4, 0.5) is 26.0 Å². The van der Waals surface area contributed by atoms with E-state index in [-0.39, 0.29) is 19.8 Å². The molecule has 0 aliphatic carbocycles. The predicted molar refractivity (Wildman–Crippen MR) is 217 cm³/mol. The summed E-state index contributed by atoms with van der Waals surface area (Å²) in [5.41, 5.74) is 1.75. The summed E-state index contributed by atoms with van der Waals surface area (Å²) in [6.45, 7) is 11.1. The number of fused-ring (bicyclic) bond motifs is 2. The molecule has 0 saturated heterocycles. The summed E-state index contributed by atoms with van der Waals surface area (Å²) < 4.78 is 84.4. The highest BCUT2D eigenvalue weighted by atomic mass is 31.2. The molecular weight excluding hydrogens is 882 g/mol. The van der Waals surface area contributed by atoms with E-state index in [0.717, 1.165) is 0 Å². The van der Waals surface area contributed by atoms with E-state index in [0.29, 0.717) is 34.0 Å². The molecule has 4 rings (SSSR count). The van der Waals surface area contributed by atoms with Gasteiger partial charge < -0.3 is 62.6 Å². The van der Waals surface area contributed by atoms with Crippen molar-refractivity contribution in [2.24, 2.45) is 0 Å². The highest BCUT2D eigenvalue weighted by Crippen LogP contribution is 2.48. The zero-order valence-electron chi connectivity index (χ0n) is 35.8. The molecule has 0 aliphatic rings. The van der Waals surface area contributed by atoms with Gasteiger partial charge in [-0.15, -0.1) is 0 Å². The smallest absolute Gasteiger partial charge is 0.432 e. The van der Waals surface area contributed by atoms with E-state index in [1.54, 1.807) is 64.5 Å². The lowest BCUT2D eigenvalue weighted by atomic mass is 10.4. The third kappa shape index (κ3) is 17.1. The molecule has 3 N–H and O–H groups in total. The molecule has 0 aromatic carbocycles. The zero-order valence-corrected chi connectivity index (χ0v) is 37.6. The van der Waals surface area contributed by atoms with Gasteiger partial charge in [-0.05, 0) is 55.4 Å². The molecule has 350 valence electrons. The van der Waals surface area contributed by atoms with Crippen LogP contribution in [-0.2, 0) is 73.7 Å². The Morgan fingerprint density at radius 3 is 1.41 bits per heavy atom. The molecule has 0 aliphatic heterocycles. The molecule has 0 fully saturated rings. The first-order valence-corrected chi connectivity index (χ1v) is 22.7. The molecule has 4 aromatic heterocycles. The molecule has 0 spiro atoms. The maximum atomic E-state index is 13.5. The van der Waals surface area contributed by atoms with E-state index >= 15 is 0 Å². The number of hydrogen-bond acceptors (Lipinski definition) is 24. The normalized spacial score (nSPS) is 13.8. The first kappa shape index (κ1) is 50.4. The Morgan fingerprint density at radius 1 is 0.603 bits per heavy atom. The summed E-state index contributed by atoms with van der Waals surface area (Å²) in [5.74, 6) is 0.771. The standard InChI is InChI=1S/C34H52N10O17P2/c1-21(2)59-32(45)51-16-56-62(48,49)19-54-24(7)9-43-14-41-26-28(37-12-39-30(26)43)35-11-36-29-27-31(40-13-38-29)44(15-42-27)10-25(8)55-20-63(50,57-17-52-33(46)60-22(3)4)58-18-53-34(47)61-23(5)6/h12-15,21-25H,9-11,16-20H2,1-8H3,(H,48,49)(H,35,37,39)(H,36,38,40)/t24-,25+/m0/s1. The monoisotopic (exact) mass is 934 g/mol. The van der Waals surface area contributed by atoms with Gasteiger partial charge in [0.15, 0.2) is 22.9 Å². The number of aromatic nitrogens is 8. The lowest BCUT2D eigenvalue weighted by Crippen LogP contribution is -2.20. The number of carbonyl (C=O) groups excluding carboxylic acids is 3. The quantitative estimate of drug-likeness (QED) is 0.0317. The fraction of sp³-hybridized carbons (Fsp3) is 0.618. The molecule has 63 heavy (non-hydrogen) atoms. The van der Waals surface area contributed by atoms with E-state index in [9.17, 15) is 28.4 Å². The van der Waals surface area contributed by atoms with Gasteiger partial charge in [0, 0.05) is 0 Å². The van der Waals surface area contributed by atoms with Crippen molar-refractivity contribution in [2.75, 3.05) is 50.4 Å². The Bertz CT molecular complexity index is 2180. The number of carbonyl (C=O) groups is 3. The van der Waals surface area contributed by atoms with Gasteiger partial charge in [-0.1, -0.05) is 0 Å². The molecule has 1 unspecified atom stereocenters. The Morgan fingerprint density at radius 2 is 1.00 bits per heavy atom. The van der Waals surface area contributed by atoms with E-state index in [1.807, 2.05) is 0 Å². The molecule has 4 heterocycles. The highest BCUT2D eigenvalue weighted by Gasteiger charge is 2.29. The van der Waals surface area contributed by atoms with Crippen LogP contribution in [0, 0.1) is 0 Å². The molecule has 0 saturated carbocycles. The Hall–Kier alpha value is -5.27. The van der Waals surface area contributed by atoms with Crippen LogP contribution in [0.25, 0.3) is 22.3 Å². The fourth-order valence-corrected chi connectivity index (χ4v) is 6.72. The molecule has 0 amide bonds. The van der Waals surface area contributed by atoms with Gasteiger partial charge in [0.05, 0.1) is 62.9 Å². The lowest BCUT2D eigenvalue weighted by molar-refractivity contribution is -0.0370. The van der Waals surface area contributed by atoms with Crippen LogP contribution in [0.2, 0.25) is 0 Å². The van der Waals surface area contributed by atoms with Gasteiger partial charge in [0.2, 0.25) is 20.4 Å². The average molecular weight is 935 g/mol. The first-order chi connectivity index (χ1) is 29.8. The largest absolute Gasteiger partial charge is 0.510 e. The summed E-state index contributed by atoms with van der Waals surface area (Å²) in [7, 11) is -8.45. The van der Waals surface area contributed by atoms with E-state index in [4.69, 9.17) is 46.7 Å². The molecule has 3 atom stereocenters. The van der Waals surface area contributed by atoms with Crippen molar-refractivity contribution in [3.63, 3.8) is 0 Å². The van der Waals surface area contributed by atoms with Gasteiger partial charge in [0.1, 0.15) is 36.4 Å². The van der Waals surface area contributed by atoms with E-state index in [2.05, 4.69) is 45.3 Å². The maximum Gasteiger partial charge on any atom is 0.510 e. The van der Waals surface area contributed by atoms with Crippen molar-refractivity contribution in [3.8, 4) is 0 Å². The Labute approximate surface area is 360 Å². The number of nitrogens with one attached hydrogen (secondary N) is 2. The SMILES string of the molecule is CC(C)OC(=O)OCOP(=O)(O)CO[C@@H](C)Cn1cnc2c(NCNc3ncnc4c3ncn4C[C@@H](C)OCP(=O)(OCOC(=O)OC(C)C)OCOC(=O)OC(C)C)ncnc21. The molecule has 29 heteroatoms. The van der Waals surface area contributed by atoms with Crippen molar-refractivity contribution in [1.29, 1.82) is 0 Å². The average Bonchev–Trinajstić information content (AvgIpc) is 3.80. The summed E-state index contributed by atoms with van der Waals surface area (Å²) >= 11 is 0. The molecular formula is C34H52N10O17P2. The molecule has 0 radical (unpaired) electrons. The number of ether oxygens (including phenoxy) is 8. The second-order valence-corrected chi connectivity index (χ2v) is 17.8. The fourth-order valence-electron chi connectivity index (χ4n) is 4.89. The van der Waals surface area contributed by atoms with Crippen LogP contribution in [-0.4, -0.2) is 133 Å². The third-order valence-electron chi connectivity index (χ3n) is 7.54. The number of anilines is 2. The van der Waals surface area contributed by atoms with Crippen LogP contribution in [0.5, 0.6) is 0 Å². The van der Waals surface area contributed by atoms with Gasteiger partial charge >= 0.3 is 33.7 Å². The zero-order chi connectivity index (χ0) is 46.2. The number of hydrogen-bond donors (Lipinski definition) is 3. The second-order valence-electron chi connectivity index (χ2n) is 14.0. The van der Waals surface area contributed by atoms with Crippen molar-refractivity contribution in [3.05, 3.63) is 25.3 Å². The van der Waals surface area contributed by atoms with Crippen LogP contribution in [0.1, 0.15) is 55.4 Å². The van der Waals surface area contributed by atoms with Gasteiger partial charge in [-0.25, -0.2) is 44.3 Å². The van der Waals surface area contributed by atoms with Gasteiger partial charge in [0.25, 0.3) is 0 Å². The summed E-state index contributed by atoms with van der Waals surface area (Å²) in [4.78, 5) is 71.2. The first-order valence-electron chi connectivity index (χ1n) is 19.2. The minimum absolute atomic E-state index is 0.120. The van der Waals surface area contributed by atoms with Crippen molar-refractivity contribution in [1.82, 2.24) is 39.0 Å². The third-order valence-corrected chi connectivity index (χ3v) is 9.99. The molecule has 27 nitrogen and oxygen atoms in total. The number of nitrogens with zero attached hydrogens (tertiary/aromatic N) is 8. The van der Waals surface area contributed by atoms with Crippen LogP contribution < -0.4 is 10.6 Å². The molecule has 4 aromatic rings. The van der Waals surface area contributed by atoms with Gasteiger partial charge in [-0.3, -0.25) is 22.7 Å².